The molecule has 1 saturated heterocycles. The van der Waals surface area contributed by atoms with Crippen LogP contribution in [0.5, 0.6) is 0 Å². The SMILES string of the molecule is O=C1CCN(C(=O)C2CSc3ccccc32)CCN1. The standard InChI is InChI=1S/C14H16N2O2S/c17-13-5-7-16(8-6-15-13)14(18)11-9-19-12-4-2-1-3-10(11)12/h1-4,11H,5-9H2,(H,15,17). The molecule has 2 aliphatic rings. The lowest BCUT2D eigenvalue weighted by atomic mass is 10.00. The lowest BCUT2D eigenvalue weighted by molar-refractivity contribution is -0.132. The van der Waals surface area contributed by atoms with Crippen molar-refractivity contribution in [1.82, 2.24) is 10.2 Å². The van der Waals surface area contributed by atoms with Crippen LogP contribution in [-0.2, 0) is 9.59 Å². The Morgan fingerprint density at radius 2 is 2.16 bits per heavy atom. The van der Waals surface area contributed by atoms with Gasteiger partial charge in [0.25, 0.3) is 0 Å². The summed E-state index contributed by atoms with van der Waals surface area (Å²) < 4.78 is 0. The third kappa shape index (κ3) is 2.47. The van der Waals surface area contributed by atoms with Gasteiger partial charge in [-0.1, -0.05) is 18.2 Å². The molecule has 1 unspecified atom stereocenters. The molecule has 0 aromatic heterocycles. The lowest BCUT2D eigenvalue weighted by Crippen LogP contribution is -2.37. The number of amides is 2. The topological polar surface area (TPSA) is 49.4 Å². The molecule has 5 heteroatoms. The van der Waals surface area contributed by atoms with Gasteiger partial charge in [0.15, 0.2) is 0 Å². The van der Waals surface area contributed by atoms with Crippen LogP contribution in [0.2, 0.25) is 0 Å². The maximum Gasteiger partial charge on any atom is 0.231 e. The minimum absolute atomic E-state index is 0.0384. The molecule has 100 valence electrons. The normalized spacial score (nSPS) is 22.6. The molecule has 19 heavy (non-hydrogen) atoms. The van der Waals surface area contributed by atoms with Crippen molar-refractivity contribution in [2.45, 2.75) is 17.2 Å². The molecule has 0 saturated carbocycles. The predicted molar refractivity (Wildman–Crippen MR) is 74.1 cm³/mol. The first-order valence-electron chi connectivity index (χ1n) is 6.53. The summed E-state index contributed by atoms with van der Waals surface area (Å²) in [5, 5.41) is 2.80. The van der Waals surface area contributed by atoms with E-state index in [1.54, 1.807) is 11.8 Å². The first-order valence-corrected chi connectivity index (χ1v) is 7.51. The van der Waals surface area contributed by atoms with Crippen LogP contribution in [-0.4, -0.2) is 42.1 Å². The van der Waals surface area contributed by atoms with Gasteiger partial charge in [-0.05, 0) is 11.6 Å². The number of fused-ring (bicyclic) bond motifs is 1. The van der Waals surface area contributed by atoms with Crippen molar-refractivity contribution >= 4 is 23.6 Å². The van der Waals surface area contributed by atoms with E-state index in [1.165, 1.54) is 4.90 Å². The predicted octanol–water partition coefficient (Wildman–Crippen LogP) is 1.22. The number of rotatable bonds is 1. The fourth-order valence-electron chi connectivity index (χ4n) is 2.57. The van der Waals surface area contributed by atoms with Crippen LogP contribution in [0.15, 0.2) is 29.2 Å². The van der Waals surface area contributed by atoms with Crippen LogP contribution in [0.25, 0.3) is 0 Å². The van der Waals surface area contributed by atoms with Gasteiger partial charge >= 0.3 is 0 Å². The molecule has 3 rings (SSSR count). The van der Waals surface area contributed by atoms with Gasteiger partial charge in [0.2, 0.25) is 11.8 Å². The molecule has 2 amide bonds. The summed E-state index contributed by atoms with van der Waals surface area (Å²) in [6.45, 7) is 1.72. The van der Waals surface area contributed by atoms with E-state index < -0.39 is 0 Å². The Morgan fingerprint density at radius 1 is 1.32 bits per heavy atom. The summed E-state index contributed by atoms with van der Waals surface area (Å²) in [4.78, 5) is 27.0. The number of benzene rings is 1. The molecule has 0 aliphatic carbocycles. The molecule has 0 radical (unpaired) electrons. The second-order valence-corrected chi connectivity index (χ2v) is 5.89. The monoisotopic (exact) mass is 276 g/mol. The molecule has 1 aromatic carbocycles. The highest BCUT2D eigenvalue weighted by Gasteiger charge is 2.32. The lowest BCUT2D eigenvalue weighted by Gasteiger charge is -2.23. The second-order valence-electron chi connectivity index (χ2n) is 4.83. The Balaban J connectivity index is 1.76. The van der Waals surface area contributed by atoms with E-state index in [0.717, 1.165) is 11.3 Å². The summed E-state index contributed by atoms with van der Waals surface area (Å²) in [6, 6.07) is 8.10. The summed E-state index contributed by atoms with van der Waals surface area (Å²) in [6.07, 6.45) is 0.410. The maximum absolute atomic E-state index is 12.6. The van der Waals surface area contributed by atoms with E-state index >= 15 is 0 Å². The number of carbonyl (C=O) groups is 2. The van der Waals surface area contributed by atoms with Gasteiger partial charge in [-0.15, -0.1) is 11.8 Å². The van der Waals surface area contributed by atoms with E-state index in [4.69, 9.17) is 0 Å². The van der Waals surface area contributed by atoms with Gasteiger partial charge in [-0.3, -0.25) is 9.59 Å². The number of nitrogens with zero attached hydrogens (tertiary/aromatic N) is 1. The molecular weight excluding hydrogens is 260 g/mol. The molecule has 1 N–H and O–H groups in total. The number of carbonyl (C=O) groups excluding carboxylic acids is 2. The highest BCUT2D eigenvalue weighted by molar-refractivity contribution is 7.99. The molecule has 1 aromatic rings. The quantitative estimate of drug-likeness (QED) is 0.839. The highest BCUT2D eigenvalue weighted by atomic mass is 32.2. The number of hydrogen-bond acceptors (Lipinski definition) is 3. The maximum atomic E-state index is 12.6. The number of thioether (sulfide) groups is 1. The van der Waals surface area contributed by atoms with Crippen molar-refractivity contribution in [2.75, 3.05) is 25.4 Å². The zero-order valence-electron chi connectivity index (χ0n) is 10.6. The average Bonchev–Trinajstić information content (AvgIpc) is 2.74. The highest BCUT2D eigenvalue weighted by Crippen LogP contribution is 2.40. The van der Waals surface area contributed by atoms with Gasteiger partial charge in [0.05, 0.1) is 5.92 Å². The van der Waals surface area contributed by atoms with E-state index in [2.05, 4.69) is 11.4 Å². The van der Waals surface area contributed by atoms with Crippen molar-refractivity contribution in [3.63, 3.8) is 0 Å². The van der Waals surface area contributed by atoms with E-state index in [9.17, 15) is 9.59 Å². The third-order valence-corrected chi connectivity index (χ3v) is 4.81. The molecular formula is C14H16N2O2S. The fourth-order valence-corrected chi connectivity index (χ4v) is 3.79. The minimum atomic E-state index is -0.0468. The van der Waals surface area contributed by atoms with E-state index in [-0.39, 0.29) is 17.7 Å². The first kappa shape index (κ1) is 12.5. The van der Waals surface area contributed by atoms with E-state index in [0.29, 0.717) is 26.1 Å². The summed E-state index contributed by atoms with van der Waals surface area (Å²) >= 11 is 1.74. The number of nitrogens with one attached hydrogen (secondary N) is 1. The van der Waals surface area contributed by atoms with E-state index in [1.807, 2.05) is 23.1 Å². The largest absolute Gasteiger partial charge is 0.354 e. The Morgan fingerprint density at radius 3 is 3.05 bits per heavy atom. The number of hydrogen-bond donors (Lipinski definition) is 1. The average molecular weight is 276 g/mol. The summed E-state index contributed by atoms with van der Waals surface area (Å²) in [5.41, 5.74) is 1.14. The summed E-state index contributed by atoms with van der Waals surface area (Å²) in [5.74, 6) is 0.968. The first-order chi connectivity index (χ1) is 9.25. The molecule has 0 bridgehead atoms. The zero-order valence-corrected chi connectivity index (χ0v) is 11.4. The molecule has 1 atom stereocenters. The molecule has 0 spiro atoms. The van der Waals surface area contributed by atoms with Crippen molar-refractivity contribution in [3.8, 4) is 0 Å². The Labute approximate surface area is 116 Å². The van der Waals surface area contributed by atoms with Gasteiger partial charge in [-0.2, -0.15) is 0 Å². The van der Waals surface area contributed by atoms with Crippen LogP contribution in [0.4, 0.5) is 0 Å². The van der Waals surface area contributed by atoms with Crippen LogP contribution in [0, 0.1) is 0 Å². The van der Waals surface area contributed by atoms with Crippen molar-refractivity contribution in [3.05, 3.63) is 29.8 Å². The van der Waals surface area contributed by atoms with Crippen LogP contribution >= 0.6 is 11.8 Å². The third-order valence-electron chi connectivity index (χ3n) is 3.62. The molecule has 4 nitrogen and oxygen atoms in total. The summed E-state index contributed by atoms with van der Waals surface area (Å²) in [7, 11) is 0. The Hall–Kier alpha value is -1.49. The Kier molecular flexibility index (Phi) is 3.46. The second kappa shape index (κ2) is 5.25. The van der Waals surface area contributed by atoms with Crippen molar-refractivity contribution in [2.24, 2.45) is 0 Å². The van der Waals surface area contributed by atoms with Gasteiger partial charge < -0.3 is 10.2 Å². The molecule has 1 fully saturated rings. The van der Waals surface area contributed by atoms with Gasteiger partial charge in [-0.25, -0.2) is 0 Å². The van der Waals surface area contributed by atoms with Crippen molar-refractivity contribution in [1.29, 1.82) is 0 Å². The fraction of sp³-hybridized carbons (Fsp3) is 0.429. The van der Waals surface area contributed by atoms with Crippen LogP contribution in [0.1, 0.15) is 17.9 Å². The minimum Gasteiger partial charge on any atom is -0.354 e. The van der Waals surface area contributed by atoms with Crippen molar-refractivity contribution < 1.29 is 9.59 Å². The molecule has 2 aliphatic heterocycles. The molecule has 2 heterocycles. The van der Waals surface area contributed by atoms with Crippen LogP contribution < -0.4 is 5.32 Å². The van der Waals surface area contributed by atoms with Gasteiger partial charge in [0, 0.05) is 36.7 Å². The Bertz CT molecular complexity index is 518. The van der Waals surface area contributed by atoms with Crippen LogP contribution in [0.3, 0.4) is 0 Å². The van der Waals surface area contributed by atoms with Gasteiger partial charge in [0.1, 0.15) is 0 Å². The smallest absolute Gasteiger partial charge is 0.231 e. The zero-order chi connectivity index (χ0) is 13.2.